The summed E-state index contributed by atoms with van der Waals surface area (Å²) in [6.07, 6.45) is -3.10. The third-order valence-electron chi connectivity index (χ3n) is 2.56. The number of nitrogen functional groups attached to an aromatic ring is 1. The number of aryl methyl sites for hydroxylation is 1. The highest BCUT2D eigenvalue weighted by molar-refractivity contribution is 5.71. The van der Waals surface area contributed by atoms with Crippen molar-refractivity contribution < 1.29 is 17.9 Å². The van der Waals surface area contributed by atoms with Gasteiger partial charge >= 0.3 is 6.36 Å². The Balaban J connectivity index is 2.13. The molecule has 0 atom stereocenters. The molecule has 0 saturated carbocycles. The minimum atomic E-state index is -4.70. The summed E-state index contributed by atoms with van der Waals surface area (Å²) in [4.78, 5) is 4.07. The first kappa shape index (κ1) is 14.0. The van der Waals surface area contributed by atoms with Crippen LogP contribution in [0.5, 0.6) is 5.75 Å². The third kappa shape index (κ3) is 3.53. The van der Waals surface area contributed by atoms with Crippen LogP contribution in [-0.4, -0.2) is 11.3 Å². The zero-order chi connectivity index (χ0) is 14.8. The molecule has 1 aromatic heterocycles. The molecule has 3 N–H and O–H groups in total. The number of rotatable bonds is 3. The standard InChI is InChI=1S/C13H12F3N3O/c1-8-6-7-18-12(11(8)17)19-9-2-4-10(5-3-9)20-13(14,15)16/h2-7H,17H2,1H3,(H,18,19). The first-order valence-corrected chi connectivity index (χ1v) is 5.69. The van der Waals surface area contributed by atoms with Gasteiger partial charge in [-0.15, -0.1) is 13.2 Å². The number of halogens is 3. The zero-order valence-electron chi connectivity index (χ0n) is 10.5. The van der Waals surface area contributed by atoms with Crippen molar-refractivity contribution in [2.45, 2.75) is 13.3 Å². The number of ether oxygens (including phenoxy) is 1. The number of benzene rings is 1. The van der Waals surface area contributed by atoms with Crippen molar-refractivity contribution in [3.8, 4) is 5.75 Å². The average Bonchev–Trinajstić information content (AvgIpc) is 2.35. The first-order valence-electron chi connectivity index (χ1n) is 5.69. The van der Waals surface area contributed by atoms with Gasteiger partial charge in [0.2, 0.25) is 0 Å². The van der Waals surface area contributed by atoms with E-state index in [9.17, 15) is 13.2 Å². The van der Waals surface area contributed by atoms with Crippen molar-refractivity contribution in [3.05, 3.63) is 42.1 Å². The van der Waals surface area contributed by atoms with Gasteiger partial charge in [-0.05, 0) is 42.8 Å². The maximum atomic E-state index is 12.0. The van der Waals surface area contributed by atoms with Crippen molar-refractivity contribution >= 4 is 17.2 Å². The molecular weight excluding hydrogens is 271 g/mol. The second-order valence-electron chi connectivity index (χ2n) is 4.09. The number of nitrogens with two attached hydrogens (primary N) is 1. The van der Waals surface area contributed by atoms with Crippen LogP contribution < -0.4 is 15.8 Å². The van der Waals surface area contributed by atoms with Crippen LogP contribution in [0.15, 0.2) is 36.5 Å². The Hall–Kier alpha value is -2.44. The Bertz CT molecular complexity index is 597. The molecule has 0 aliphatic carbocycles. The van der Waals surface area contributed by atoms with E-state index < -0.39 is 6.36 Å². The number of nitrogens with zero attached hydrogens (tertiary/aromatic N) is 1. The number of pyridine rings is 1. The van der Waals surface area contributed by atoms with E-state index in [-0.39, 0.29) is 5.75 Å². The van der Waals surface area contributed by atoms with E-state index in [1.807, 2.05) is 6.92 Å². The fourth-order valence-electron chi connectivity index (χ4n) is 1.55. The van der Waals surface area contributed by atoms with Gasteiger partial charge in [0.1, 0.15) is 5.75 Å². The van der Waals surface area contributed by atoms with E-state index in [0.717, 1.165) is 5.56 Å². The predicted molar refractivity (Wildman–Crippen MR) is 69.8 cm³/mol. The largest absolute Gasteiger partial charge is 0.573 e. The van der Waals surface area contributed by atoms with Gasteiger partial charge in [0, 0.05) is 11.9 Å². The number of aromatic nitrogens is 1. The van der Waals surface area contributed by atoms with Crippen molar-refractivity contribution in [2.24, 2.45) is 0 Å². The summed E-state index contributed by atoms with van der Waals surface area (Å²) in [5.41, 5.74) is 7.75. The molecule has 4 nitrogen and oxygen atoms in total. The fraction of sp³-hybridized carbons (Fsp3) is 0.154. The van der Waals surface area contributed by atoms with Gasteiger partial charge in [0.25, 0.3) is 0 Å². The third-order valence-corrected chi connectivity index (χ3v) is 2.56. The number of hydrogen-bond acceptors (Lipinski definition) is 4. The molecular formula is C13H12F3N3O. The van der Waals surface area contributed by atoms with Crippen LogP contribution in [0.3, 0.4) is 0 Å². The zero-order valence-corrected chi connectivity index (χ0v) is 10.5. The minimum absolute atomic E-state index is 0.284. The number of alkyl halides is 3. The SMILES string of the molecule is Cc1ccnc(Nc2ccc(OC(F)(F)F)cc2)c1N. The normalized spacial score (nSPS) is 11.2. The fourth-order valence-corrected chi connectivity index (χ4v) is 1.55. The predicted octanol–water partition coefficient (Wildman–Crippen LogP) is 3.61. The summed E-state index contributed by atoms with van der Waals surface area (Å²) in [6, 6.07) is 7.08. The summed E-state index contributed by atoms with van der Waals surface area (Å²) >= 11 is 0. The van der Waals surface area contributed by atoms with Crippen molar-refractivity contribution in [3.63, 3.8) is 0 Å². The van der Waals surface area contributed by atoms with Crippen LogP contribution in [0.1, 0.15) is 5.56 Å². The molecule has 0 aliphatic rings. The second kappa shape index (κ2) is 5.28. The van der Waals surface area contributed by atoms with E-state index in [1.165, 1.54) is 24.3 Å². The molecule has 2 rings (SSSR count). The van der Waals surface area contributed by atoms with Crippen LogP contribution in [0.4, 0.5) is 30.4 Å². The van der Waals surface area contributed by atoms with Gasteiger partial charge in [-0.3, -0.25) is 0 Å². The molecule has 7 heteroatoms. The molecule has 106 valence electrons. The van der Waals surface area contributed by atoms with Gasteiger partial charge < -0.3 is 15.8 Å². The van der Waals surface area contributed by atoms with Crippen molar-refractivity contribution in [1.82, 2.24) is 4.98 Å². The molecule has 1 aromatic carbocycles. The number of hydrogen-bond donors (Lipinski definition) is 2. The minimum Gasteiger partial charge on any atom is -0.406 e. The topological polar surface area (TPSA) is 60.2 Å². The van der Waals surface area contributed by atoms with E-state index in [4.69, 9.17) is 5.73 Å². The Labute approximate surface area is 113 Å². The molecule has 0 spiro atoms. The van der Waals surface area contributed by atoms with Crippen LogP contribution >= 0.6 is 0 Å². The van der Waals surface area contributed by atoms with Gasteiger partial charge in [0.05, 0.1) is 5.69 Å². The smallest absolute Gasteiger partial charge is 0.406 e. The van der Waals surface area contributed by atoms with Gasteiger partial charge in [0.15, 0.2) is 5.82 Å². The quantitative estimate of drug-likeness (QED) is 0.903. The maximum Gasteiger partial charge on any atom is 0.573 e. The van der Waals surface area contributed by atoms with Crippen LogP contribution in [-0.2, 0) is 0 Å². The molecule has 1 heterocycles. The second-order valence-corrected chi connectivity index (χ2v) is 4.09. The summed E-state index contributed by atoms with van der Waals surface area (Å²) in [5, 5.41) is 2.93. The lowest BCUT2D eigenvalue weighted by atomic mass is 10.2. The highest BCUT2D eigenvalue weighted by Crippen LogP contribution is 2.27. The highest BCUT2D eigenvalue weighted by Gasteiger charge is 2.30. The molecule has 0 unspecified atom stereocenters. The first-order chi connectivity index (χ1) is 9.35. The van der Waals surface area contributed by atoms with Gasteiger partial charge in [-0.1, -0.05) is 0 Å². The average molecular weight is 283 g/mol. The van der Waals surface area contributed by atoms with Crippen LogP contribution in [0.2, 0.25) is 0 Å². The Morgan fingerprint density at radius 3 is 2.40 bits per heavy atom. The van der Waals surface area contributed by atoms with Crippen LogP contribution in [0, 0.1) is 6.92 Å². The molecule has 0 bridgehead atoms. The molecule has 0 radical (unpaired) electrons. The van der Waals surface area contributed by atoms with Crippen LogP contribution in [0.25, 0.3) is 0 Å². The summed E-state index contributed by atoms with van der Waals surface area (Å²) < 4.78 is 39.8. The monoisotopic (exact) mass is 283 g/mol. The van der Waals surface area contributed by atoms with E-state index in [2.05, 4.69) is 15.0 Å². The van der Waals surface area contributed by atoms with E-state index in [0.29, 0.717) is 17.2 Å². The Morgan fingerprint density at radius 2 is 1.80 bits per heavy atom. The van der Waals surface area contributed by atoms with E-state index >= 15 is 0 Å². The Kier molecular flexibility index (Phi) is 3.69. The molecule has 0 fully saturated rings. The lowest BCUT2D eigenvalue weighted by Crippen LogP contribution is -2.17. The number of nitrogens with one attached hydrogen (secondary N) is 1. The molecule has 0 amide bonds. The number of anilines is 3. The summed E-state index contributed by atoms with van der Waals surface area (Å²) in [7, 11) is 0. The van der Waals surface area contributed by atoms with E-state index in [1.54, 1.807) is 12.3 Å². The molecule has 20 heavy (non-hydrogen) atoms. The van der Waals surface area contributed by atoms with Gasteiger partial charge in [-0.2, -0.15) is 0 Å². The van der Waals surface area contributed by atoms with Crippen molar-refractivity contribution in [1.29, 1.82) is 0 Å². The molecule has 0 aliphatic heterocycles. The highest BCUT2D eigenvalue weighted by atomic mass is 19.4. The van der Waals surface area contributed by atoms with Crippen molar-refractivity contribution in [2.75, 3.05) is 11.1 Å². The Morgan fingerprint density at radius 1 is 1.15 bits per heavy atom. The maximum absolute atomic E-state index is 12.0. The lowest BCUT2D eigenvalue weighted by Gasteiger charge is -2.11. The summed E-state index contributed by atoms with van der Waals surface area (Å²) in [6.45, 7) is 1.84. The lowest BCUT2D eigenvalue weighted by molar-refractivity contribution is -0.274. The van der Waals surface area contributed by atoms with Gasteiger partial charge in [-0.25, -0.2) is 4.98 Å². The summed E-state index contributed by atoms with van der Waals surface area (Å²) in [5.74, 6) is 0.169. The molecule has 0 saturated heterocycles. The molecule has 2 aromatic rings.